The van der Waals surface area contributed by atoms with Crippen molar-refractivity contribution >= 4 is 17.7 Å². The first kappa shape index (κ1) is 32.1. The van der Waals surface area contributed by atoms with E-state index < -0.39 is 6.04 Å². The maximum atomic E-state index is 13.6. The Hall–Kier alpha value is -1.93. The molecule has 0 saturated carbocycles. The van der Waals surface area contributed by atoms with E-state index in [-0.39, 0.29) is 54.3 Å². The van der Waals surface area contributed by atoms with Gasteiger partial charge in [0.2, 0.25) is 17.7 Å². The van der Waals surface area contributed by atoms with Gasteiger partial charge in [-0.05, 0) is 71.3 Å². The molecule has 1 rings (SSSR count). The molecular weight excluding hydrogens is 456 g/mol. The van der Waals surface area contributed by atoms with Gasteiger partial charge in [0.1, 0.15) is 6.04 Å². The van der Waals surface area contributed by atoms with Crippen LogP contribution in [0.4, 0.5) is 0 Å². The molecule has 3 N–H and O–H groups in total. The van der Waals surface area contributed by atoms with Crippen molar-refractivity contribution in [3.8, 4) is 0 Å². The van der Waals surface area contributed by atoms with E-state index >= 15 is 0 Å². The van der Waals surface area contributed by atoms with Gasteiger partial charge in [0.25, 0.3) is 0 Å². The topological polar surface area (TPSA) is 102 Å². The van der Waals surface area contributed by atoms with Gasteiger partial charge in [0.15, 0.2) is 0 Å². The number of nitrogens with one attached hydrogen (secondary N) is 2. The lowest BCUT2D eigenvalue weighted by Crippen LogP contribution is -2.58. The van der Waals surface area contributed by atoms with Gasteiger partial charge in [0, 0.05) is 31.8 Å². The molecule has 0 aromatic carbocycles. The Morgan fingerprint density at radius 2 is 1.69 bits per heavy atom. The molecule has 3 amide bonds. The van der Waals surface area contributed by atoms with E-state index in [0.29, 0.717) is 12.1 Å². The van der Waals surface area contributed by atoms with Crippen LogP contribution in [-0.2, 0) is 14.4 Å². The summed E-state index contributed by atoms with van der Waals surface area (Å²) in [4.78, 5) is 43.4. The summed E-state index contributed by atoms with van der Waals surface area (Å²) in [6.45, 7) is 15.6. The van der Waals surface area contributed by atoms with E-state index in [2.05, 4.69) is 29.4 Å². The number of nitrogens with zero attached hydrogens (tertiary/aromatic N) is 2. The van der Waals surface area contributed by atoms with Crippen LogP contribution in [0.15, 0.2) is 11.6 Å². The second-order valence-corrected chi connectivity index (χ2v) is 11.1. The quantitative estimate of drug-likeness (QED) is 0.247. The van der Waals surface area contributed by atoms with E-state index in [4.69, 9.17) is 5.11 Å². The van der Waals surface area contributed by atoms with Crippen LogP contribution in [0, 0.1) is 11.8 Å². The summed E-state index contributed by atoms with van der Waals surface area (Å²) in [7, 11) is 1.76. The predicted molar refractivity (Wildman–Crippen MR) is 145 cm³/mol. The van der Waals surface area contributed by atoms with Gasteiger partial charge in [-0.1, -0.05) is 40.2 Å². The minimum absolute atomic E-state index is 0.0694. The number of amides is 3. The lowest BCUT2D eigenvalue weighted by molar-refractivity contribution is -0.140. The number of likely N-dealkylation sites (tertiary alicyclic amines) is 1. The zero-order valence-corrected chi connectivity index (χ0v) is 24.0. The maximum Gasteiger partial charge on any atom is 0.246 e. The zero-order valence-electron chi connectivity index (χ0n) is 24.0. The number of rotatable bonds is 14. The third-order valence-corrected chi connectivity index (χ3v) is 7.12. The number of likely N-dealkylation sites (N-methyl/N-ethyl adjacent to an activating group) is 1. The molecule has 0 bridgehead atoms. The monoisotopic (exact) mass is 508 g/mol. The van der Waals surface area contributed by atoms with Crippen molar-refractivity contribution in [1.82, 2.24) is 20.4 Å². The molecular formula is C28H52N4O4. The number of aliphatic hydroxyl groups is 1. The third-order valence-electron chi connectivity index (χ3n) is 7.12. The fraction of sp³-hybridized carbons (Fsp3) is 0.821. The summed E-state index contributed by atoms with van der Waals surface area (Å²) >= 11 is 0. The highest BCUT2D eigenvalue weighted by Crippen LogP contribution is 2.21. The van der Waals surface area contributed by atoms with Gasteiger partial charge >= 0.3 is 0 Å². The molecule has 1 saturated heterocycles. The van der Waals surface area contributed by atoms with Gasteiger partial charge in [-0.3, -0.25) is 19.3 Å². The predicted octanol–water partition coefficient (Wildman–Crippen LogP) is 3.10. The van der Waals surface area contributed by atoms with Crippen LogP contribution < -0.4 is 10.6 Å². The average Bonchev–Trinajstić information content (AvgIpc) is 2.83. The van der Waals surface area contributed by atoms with Crippen LogP contribution in [0.3, 0.4) is 0 Å². The fourth-order valence-corrected chi connectivity index (χ4v) is 4.82. The van der Waals surface area contributed by atoms with Crippen molar-refractivity contribution in [3.05, 3.63) is 11.6 Å². The minimum atomic E-state index is -0.631. The van der Waals surface area contributed by atoms with Crippen LogP contribution in [0.2, 0.25) is 0 Å². The summed E-state index contributed by atoms with van der Waals surface area (Å²) in [5, 5.41) is 14.9. The Kier molecular flexibility index (Phi) is 14.3. The molecule has 8 heteroatoms. The number of hydrogen-bond acceptors (Lipinski definition) is 5. The van der Waals surface area contributed by atoms with Crippen LogP contribution in [0.25, 0.3) is 0 Å². The number of carbonyl (C=O) groups is 3. The first-order valence-electron chi connectivity index (χ1n) is 13.8. The molecule has 208 valence electrons. The Balaban J connectivity index is 2.94. The normalized spacial score (nSPS) is 18.9. The summed E-state index contributed by atoms with van der Waals surface area (Å²) < 4.78 is 0. The smallest absolute Gasteiger partial charge is 0.246 e. The Morgan fingerprint density at radius 3 is 2.25 bits per heavy atom. The second-order valence-electron chi connectivity index (χ2n) is 11.1. The van der Waals surface area contributed by atoms with E-state index in [9.17, 15) is 14.4 Å². The SMILES string of the molecule is CC(=C[C@H](C(C)C)N(C)C(=O)[C@@H](NC(=O)[C@H]1CCCCN1C(C)C)C(C)C)C(=O)NCCCCCO. The van der Waals surface area contributed by atoms with Crippen LogP contribution in [-0.4, -0.2) is 83.5 Å². The van der Waals surface area contributed by atoms with Crippen molar-refractivity contribution in [2.24, 2.45) is 11.8 Å². The van der Waals surface area contributed by atoms with Gasteiger partial charge in [0.05, 0.1) is 12.1 Å². The first-order chi connectivity index (χ1) is 16.9. The maximum absolute atomic E-state index is 13.6. The number of unbranched alkanes of at least 4 members (excludes halogenated alkanes) is 2. The van der Waals surface area contributed by atoms with Crippen LogP contribution in [0.5, 0.6) is 0 Å². The second kappa shape index (κ2) is 16.0. The molecule has 0 aromatic heterocycles. The van der Waals surface area contributed by atoms with Crippen LogP contribution >= 0.6 is 0 Å². The van der Waals surface area contributed by atoms with Gasteiger partial charge in [-0.15, -0.1) is 0 Å². The Morgan fingerprint density at radius 1 is 1.03 bits per heavy atom. The highest BCUT2D eigenvalue weighted by atomic mass is 16.3. The lowest BCUT2D eigenvalue weighted by atomic mass is 9.95. The largest absolute Gasteiger partial charge is 0.396 e. The molecule has 0 aliphatic carbocycles. The standard InChI is InChI=1S/C28H52N4O4/c1-19(2)24(18-22(7)26(34)29-15-11-9-13-17-33)31(8)28(36)25(20(3)4)30-27(35)23-14-10-12-16-32(23)21(5)6/h18-21,23-25,33H,9-17H2,1-8H3,(H,29,34)(H,30,35)/t23-,24-,25+/m1/s1. The van der Waals surface area contributed by atoms with E-state index in [1.165, 1.54) is 0 Å². The highest BCUT2D eigenvalue weighted by Gasteiger charge is 2.35. The summed E-state index contributed by atoms with van der Waals surface area (Å²) in [5.41, 5.74) is 0.565. The summed E-state index contributed by atoms with van der Waals surface area (Å²) in [5.74, 6) is -0.343. The van der Waals surface area contributed by atoms with Crippen molar-refractivity contribution < 1.29 is 19.5 Å². The molecule has 0 spiro atoms. The zero-order chi connectivity index (χ0) is 27.4. The molecule has 8 nitrogen and oxygen atoms in total. The summed E-state index contributed by atoms with van der Waals surface area (Å²) in [6.07, 6.45) is 7.19. The van der Waals surface area contributed by atoms with E-state index in [0.717, 1.165) is 45.1 Å². The molecule has 1 heterocycles. The molecule has 1 aliphatic heterocycles. The van der Waals surface area contributed by atoms with Crippen molar-refractivity contribution in [2.75, 3.05) is 26.7 Å². The average molecular weight is 509 g/mol. The van der Waals surface area contributed by atoms with Gasteiger partial charge in [-0.25, -0.2) is 0 Å². The molecule has 0 aromatic rings. The molecule has 0 unspecified atom stereocenters. The number of carbonyl (C=O) groups excluding carboxylic acids is 3. The van der Waals surface area contributed by atoms with Crippen molar-refractivity contribution in [3.63, 3.8) is 0 Å². The lowest BCUT2D eigenvalue weighted by Gasteiger charge is -2.39. The number of hydrogen-bond donors (Lipinski definition) is 3. The molecule has 1 fully saturated rings. The van der Waals surface area contributed by atoms with E-state index in [1.807, 2.05) is 33.8 Å². The first-order valence-corrected chi connectivity index (χ1v) is 13.8. The van der Waals surface area contributed by atoms with Gasteiger partial charge < -0.3 is 20.6 Å². The molecule has 36 heavy (non-hydrogen) atoms. The minimum Gasteiger partial charge on any atom is -0.396 e. The van der Waals surface area contributed by atoms with Crippen LogP contribution in [0.1, 0.15) is 87.0 Å². The highest BCUT2D eigenvalue weighted by molar-refractivity contribution is 5.93. The summed E-state index contributed by atoms with van der Waals surface area (Å²) in [6, 6.07) is -0.843. The van der Waals surface area contributed by atoms with Gasteiger partial charge in [-0.2, -0.15) is 0 Å². The number of piperidine rings is 1. The Labute approximate surface area is 219 Å². The fourth-order valence-electron chi connectivity index (χ4n) is 4.82. The van der Waals surface area contributed by atoms with Crippen molar-refractivity contribution in [1.29, 1.82) is 0 Å². The molecule has 3 atom stereocenters. The third kappa shape index (κ3) is 9.85. The number of aliphatic hydroxyl groups excluding tert-OH is 1. The van der Waals surface area contributed by atoms with Crippen molar-refractivity contribution in [2.45, 2.75) is 111 Å². The molecule has 1 aliphatic rings. The van der Waals surface area contributed by atoms with E-state index in [1.54, 1.807) is 18.9 Å². The Bertz CT molecular complexity index is 735. The molecule has 0 radical (unpaired) electrons.